The lowest BCUT2D eigenvalue weighted by atomic mass is 10.0. The van der Waals surface area contributed by atoms with E-state index in [4.69, 9.17) is 4.74 Å². The van der Waals surface area contributed by atoms with Crippen molar-refractivity contribution in [1.29, 1.82) is 0 Å². The van der Waals surface area contributed by atoms with Gasteiger partial charge in [0.05, 0.1) is 12.0 Å². The van der Waals surface area contributed by atoms with Crippen LogP contribution in [0.4, 0.5) is 11.4 Å². The molecule has 1 aliphatic heterocycles. The first kappa shape index (κ1) is 14.1. The van der Waals surface area contributed by atoms with Crippen molar-refractivity contribution < 1.29 is 19.6 Å². The van der Waals surface area contributed by atoms with Gasteiger partial charge in [-0.1, -0.05) is 0 Å². The SMILES string of the molecule is COc1ccc([N+](=O)[O-])c(N2CCCCC2C(=O)O)c1. The maximum absolute atomic E-state index is 11.3. The normalized spacial score (nSPS) is 18.6. The van der Waals surface area contributed by atoms with E-state index < -0.39 is 16.9 Å². The van der Waals surface area contributed by atoms with Gasteiger partial charge in [0.25, 0.3) is 5.69 Å². The minimum atomic E-state index is -0.957. The summed E-state index contributed by atoms with van der Waals surface area (Å²) in [6.07, 6.45) is 2.12. The van der Waals surface area contributed by atoms with Gasteiger partial charge in [0.15, 0.2) is 0 Å². The monoisotopic (exact) mass is 280 g/mol. The van der Waals surface area contributed by atoms with Crippen LogP contribution in [-0.4, -0.2) is 35.7 Å². The predicted octanol–water partition coefficient (Wildman–Crippen LogP) is 2.05. The van der Waals surface area contributed by atoms with E-state index >= 15 is 0 Å². The van der Waals surface area contributed by atoms with E-state index in [1.54, 1.807) is 4.90 Å². The topological polar surface area (TPSA) is 92.9 Å². The molecule has 7 nitrogen and oxygen atoms in total. The zero-order valence-electron chi connectivity index (χ0n) is 11.1. The quantitative estimate of drug-likeness (QED) is 0.670. The van der Waals surface area contributed by atoms with E-state index in [2.05, 4.69) is 0 Å². The molecule has 0 amide bonds. The third kappa shape index (κ3) is 2.66. The van der Waals surface area contributed by atoms with Crippen LogP contribution in [0, 0.1) is 10.1 Å². The van der Waals surface area contributed by atoms with E-state index in [0.717, 1.165) is 12.8 Å². The molecule has 0 bridgehead atoms. The number of rotatable bonds is 4. The number of methoxy groups -OCH3 is 1. The van der Waals surface area contributed by atoms with Crippen LogP contribution >= 0.6 is 0 Å². The van der Waals surface area contributed by atoms with Gasteiger partial charge in [0, 0.05) is 18.7 Å². The number of nitro groups is 1. The molecule has 0 spiro atoms. The van der Waals surface area contributed by atoms with E-state index in [0.29, 0.717) is 24.4 Å². The summed E-state index contributed by atoms with van der Waals surface area (Å²) in [7, 11) is 1.47. The van der Waals surface area contributed by atoms with Crippen molar-refractivity contribution in [3.05, 3.63) is 28.3 Å². The molecule has 1 aliphatic rings. The van der Waals surface area contributed by atoms with E-state index in [1.807, 2.05) is 0 Å². The Labute approximate surface area is 115 Å². The van der Waals surface area contributed by atoms with Gasteiger partial charge in [-0.05, 0) is 25.3 Å². The van der Waals surface area contributed by atoms with Crippen LogP contribution in [-0.2, 0) is 4.79 Å². The molecule has 1 fully saturated rings. The van der Waals surface area contributed by atoms with Crippen LogP contribution in [0.15, 0.2) is 18.2 Å². The fourth-order valence-corrected chi connectivity index (χ4v) is 2.49. The highest BCUT2D eigenvalue weighted by molar-refractivity contribution is 5.80. The van der Waals surface area contributed by atoms with Crippen molar-refractivity contribution in [2.45, 2.75) is 25.3 Å². The molecule has 0 radical (unpaired) electrons. The molecule has 1 atom stereocenters. The average molecular weight is 280 g/mol. The number of benzene rings is 1. The third-order valence-corrected chi connectivity index (χ3v) is 3.48. The average Bonchev–Trinajstić information content (AvgIpc) is 2.46. The van der Waals surface area contributed by atoms with Crippen LogP contribution in [0.2, 0.25) is 0 Å². The number of nitrogens with zero attached hydrogens (tertiary/aromatic N) is 2. The summed E-state index contributed by atoms with van der Waals surface area (Å²) in [6.45, 7) is 0.491. The zero-order chi connectivity index (χ0) is 14.7. The molecule has 1 heterocycles. The molecule has 0 saturated carbocycles. The Morgan fingerprint density at radius 3 is 2.85 bits per heavy atom. The highest BCUT2D eigenvalue weighted by Gasteiger charge is 2.32. The molecule has 1 unspecified atom stereocenters. The molecule has 0 aromatic heterocycles. The van der Waals surface area contributed by atoms with Gasteiger partial charge in [0.2, 0.25) is 0 Å². The van der Waals surface area contributed by atoms with E-state index in [-0.39, 0.29) is 5.69 Å². The molecule has 108 valence electrons. The summed E-state index contributed by atoms with van der Waals surface area (Å²) < 4.78 is 5.08. The molecule has 7 heteroatoms. The summed E-state index contributed by atoms with van der Waals surface area (Å²) in [5.74, 6) is -0.484. The second-order valence-corrected chi connectivity index (χ2v) is 4.65. The van der Waals surface area contributed by atoms with E-state index in [1.165, 1.54) is 25.3 Å². The fourth-order valence-electron chi connectivity index (χ4n) is 2.49. The Balaban J connectivity index is 2.47. The maximum Gasteiger partial charge on any atom is 0.326 e. The zero-order valence-corrected chi connectivity index (χ0v) is 11.1. The van der Waals surface area contributed by atoms with Gasteiger partial charge in [-0.25, -0.2) is 4.79 Å². The number of carboxylic acid groups (broad SMARTS) is 1. The van der Waals surface area contributed by atoms with Crippen LogP contribution < -0.4 is 9.64 Å². The lowest BCUT2D eigenvalue weighted by Gasteiger charge is -2.34. The standard InChI is InChI=1S/C13H16N2O5/c1-20-9-5-6-10(15(18)19)12(8-9)14-7-3-2-4-11(14)13(16)17/h5-6,8,11H,2-4,7H2,1H3,(H,16,17). The lowest BCUT2D eigenvalue weighted by Crippen LogP contribution is -2.45. The molecule has 0 aliphatic carbocycles. The smallest absolute Gasteiger partial charge is 0.326 e. The molecule has 1 aromatic carbocycles. The number of aliphatic carboxylic acids is 1. The predicted molar refractivity (Wildman–Crippen MR) is 72.3 cm³/mol. The molecule has 1 saturated heterocycles. The number of piperidine rings is 1. The summed E-state index contributed by atoms with van der Waals surface area (Å²) in [5.41, 5.74) is 0.209. The van der Waals surface area contributed by atoms with Crippen molar-refractivity contribution in [2.24, 2.45) is 0 Å². The molecule has 20 heavy (non-hydrogen) atoms. The van der Waals surface area contributed by atoms with Gasteiger partial charge >= 0.3 is 5.97 Å². The first-order valence-electron chi connectivity index (χ1n) is 6.36. The highest BCUT2D eigenvalue weighted by Crippen LogP contribution is 2.35. The summed E-state index contributed by atoms with van der Waals surface area (Å²) in [4.78, 5) is 23.6. The highest BCUT2D eigenvalue weighted by atomic mass is 16.6. The second kappa shape index (κ2) is 5.77. The van der Waals surface area contributed by atoms with E-state index in [9.17, 15) is 20.0 Å². The third-order valence-electron chi connectivity index (χ3n) is 3.48. The van der Waals surface area contributed by atoms with Crippen LogP contribution in [0.25, 0.3) is 0 Å². The van der Waals surface area contributed by atoms with Gasteiger partial charge < -0.3 is 14.7 Å². The number of ether oxygens (including phenoxy) is 1. The largest absolute Gasteiger partial charge is 0.497 e. The van der Waals surface area contributed by atoms with Gasteiger partial charge in [-0.3, -0.25) is 10.1 Å². The van der Waals surface area contributed by atoms with Gasteiger partial charge in [0.1, 0.15) is 17.5 Å². The number of nitro benzene ring substituents is 1. The van der Waals surface area contributed by atoms with Crippen LogP contribution in [0.3, 0.4) is 0 Å². The number of carboxylic acids is 1. The number of carbonyl (C=O) groups is 1. The number of anilines is 1. The Kier molecular flexibility index (Phi) is 4.07. The van der Waals surface area contributed by atoms with Crippen LogP contribution in [0.1, 0.15) is 19.3 Å². The molecular weight excluding hydrogens is 264 g/mol. The molecule has 1 aromatic rings. The first-order valence-corrected chi connectivity index (χ1v) is 6.36. The van der Waals surface area contributed by atoms with Crippen molar-refractivity contribution >= 4 is 17.3 Å². The summed E-state index contributed by atoms with van der Waals surface area (Å²) in [5, 5.41) is 20.4. The Morgan fingerprint density at radius 1 is 1.50 bits per heavy atom. The molecule has 1 N–H and O–H groups in total. The second-order valence-electron chi connectivity index (χ2n) is 4.65. The van der Waals surface area contributed by atoms with Crippen molar-refractivity contribution in [1.82, 2.24) is 0 Å². The minimum Gasteiger partial charge on any atom is -0.497 e. The van der Waals surface area contributed by atoms with Crippen LogP contribution in [0.5, 0.6) is 5.75 Å². The maximum atomic E-state index is 11.3. The molecule has 2 rings (SSSR count). The fraction of sp³-hybridized carbons (Fsp3) is 0.462. The van der Waals surface area contributed by atoms with Gasteiger partial charge in [-0.15, -0.1) is 0 Å². The van der Waals surface area contributed by atoms with Crippen molar-refractivity contribution in [3.63, 3.8) is 0 Å². The minimum absolute atomic E-state index is 0.0982. The molecular formula is C13H16N2O5. The lowest BCUT2D eigenvalue weighted by molar-refractivity contribution is -0.384. The van der Waals surface area contributed by atoms with Crippen molar-refractivity contribution in [3.8, 4) is 5.75 Å². The van der Waals surface area contributed by atoms with Gasteiger partial charge in [-0.2, -0.15) is 0 Å². The number of hydrogen-bond acceptors (Lipinski definition) is 5. The Morgan fingerprint density at radius 2 is 2.25 bits per heavy atom. The summed E-state index contributed by atoms with van der Waals surface area (Å²) in [6, 6.07) is 3.65. The first-order chi connectivity index (χ1) is 9.54. The Hall–Kier alpha value is -2.31. The van der Waals surface area contributed by atoms with Crippen molar-refractivity contribution in [2.75, 3.05) is 18.6 Å². The Bertz CT molecular complexity index is 531. The summed E-state index contributed by atoms with van der Waals surface area (Å²) >= 11 is 0. The number of hydrogen-bond donors (Lipinski definition) is 1.